The number of hydrogen-bond acceptors (Lipinski definition) is 1. The van der Waals surface area contributed by atoms with Gasteiger partial charge in [0.25, 0.3) is 0 Å². The molecular weight excluding hydrogens is 162 g/mol. The highest BCUT2D eigenvalue weighted by atomic mass is 16.1. The first-order chi connectivity index (χ1) is 6.33. The van der Waals surface area contributed by atoms with Gasteiger partial charge in [-0.05, 0) is 18.6 Å². The molecule has 72 valence electrons. The predicted molar refractivity (Wildman–Crippen MR) is 56.7 cm³/mol. The molecule has 1 rings (SSSR count). The SMILES string of the molecule is CCCCC(=O)Nc1ccccc1.[HH]. The van der Waals surface area contributed by atoms with Crippen LogP contribution in [0.3, 0.4) is 0 Å². The van der Waals surface area contributed by atoms with Crippen LogP contribution in [0.1, 0.15) is 27.6 Å². The molecule has 1 amide bonds. The van der Waals surface area contributed by atoms with E-state index in [2.05, 4.69) is 12.2 Å². The van der Waals surface area contributed by atoms with Crippen molar-refractivity contribution in [3.63, 3.8) is 0 Å². The van der Waals surface area contributed by atoms with Gasteiger partial charge in [-0.25, -0.2) is 0 Å². The van der Waals surface area contributed by atoms with Gasteiger partial charge in [-0.1, -0.05) is 31.5 Å². The summed E-state index contributed by atoms with van der Waals surface area (Å²) in [6.45, 7) is 2.08. The van der Waals surface area contributed by atoms with E-state index in [0.717, 1.165) is 18.5 Å². The Morgan fingerprint density at radius 3 is 2.69 bits per heavy atom. The third-order valence-corrected chi connectivity index (χ3v) is 1.81. The average Bonchev–Trinajstić information content (AvgIpc) is 2.16. The second-order valence-corrected chi connectivity index (χ2v) is 3.02. The summed E-state index contributed by atoms with van der Waals surface area (Å²) in [4.78, 5) is 11.3. The number of carbonyl (C=O) groups excluding carboxylic acids is 1. The maximum Gasteiger partial charge on any atom is 0.224 e. The number of anilines is 1. The number of nitrogens with one attached hydrogen (secondary N) is 1. The Kier molecular flexibility index (Phi) is 4.03. The van der Waals surface area contributed by atoms with Crippen LogP contribution in [0.4, 0.5) is 5.69 Å². The molecule has 0 aliphatic rings. The quantitative estimate of drug-likeness (QED) is 0.756. The van der Waals surface area contributed by atoms with E-state index >= 15 is 0 Å². The van der Waals surface area contributed by atoms with Crippen LogP contribution in [0.5, 0.6) is 0 Å². The lowest BCUT2D eigenvalue weighted by Crippen LogP contribution is -2.10. The Morgan fingerprint density at radius 2 is 2.08 bits per heavy atom. The van der Waals surface area contributed by atoms with Crippen molar-refractivity contribution in [1.29, 1.82) is 0 Å². The Balaban J connectivity index is 0.00000169. The number of rotatable bonds is 4. The monoisotopic (exact) mass is 179 g/mol. The average molecular weight is 179 g/mol. The molecule has 2 nitrogen and oxygen atoms in total. The van der Waals surface area contributed by atoms with Gasteiger partial charge in [-0.2, -0.15) is 0 Å². The molecule has 1 aromatic carbocycles. The van der Waals surface area contributed by atoms with Crippen molar-refractivity contribution >= 4 is 11.6 Å². The normalized spacial score (nSPS) is 9.62. The number of amides is 1. The largest absolute Gasteiger partial charge is 0.326 e. The van der Waals surface area contributed by atoms with E-state index in [9.17, 15) is 4.79 Å². The lowest BCUT2D eigenvalue weighted by atomic mass is 10.2. The van der Waals surface area contributed by atoms with Crippen molar-refractivity contribution in [3.05, 3.63) is 30.3 Å². The summed E-state index contributed by atoms with van der Waals surface area (Å²) in [7, 11) is 0. The molecule has 0 atom stereocenters. The second-order valence-electron chi connectivity index (χ2n) is 3.02. The lowest BCUT2D eigenvalue weighted by molar-refractivity contribution is -0.116. The molecule has 2 heteroatoms. The summed E-state index contributed by atoms with van der Waals surface area (Å²) in [6.07, 6.45) is 2.63. The summed E-state index contributed by atoms with van der Waals surface area (Å²) in [5.41, 5.74) is 0.878. The van der Waals surface area contributed by atoms with Crippen molar-refractivity contribution in [3.8, 4) is 0 Å². The smallest absolute Gasteiger partial charge is 0.224 e. The van der Waals surface area contributed by atoms with Crippen LogP contribution in [0.2, 0.25) is 0 Å². The zero-order chi connectivity index (χ0) is 9.52. The summed E-state index contributed by atoms with van der Waals surface area (Å²) in [5.74, 6) is 0.105. The molecule has 1 aromatic rings. The van der Waals surface area contributed by atoms with Crippen LogP contribution in [0, 0.1) is 0 Å². The number of unbranched alkanes of at least 4 members (excludes halogenated alkanes) is 1. The van der Waals surface area contributed by atoms with Crippen LogP contribution in [-0.4, -0.2) is 5.91 Å². The fourth-order valence-corrected chi connectivity index (χ4v) is 1.08. The van der Waals surface area contributed by atoms with Crippen LogP contribution < -0.4 is 5.32 Å². The van der Waals surface area contributed by atoms with Gasteiger partial charge < -0.3 is 5.32 Å². The fraction of sp³-hybridized carbons (Fsp3) is 0.364. The molecule has 0 radical (unpaired) electrons. The van der Waals surface area contributed by atoms with Crippen molar-refractivity contribution in [2.24, 2.45) is 0 Å². The van der Waals surface area contributed by atoms with Gasteiger partial charge in [0.2, 0.25) is 5.91 Å². The first-order valence-corrected chi connectivity index (χ1v) is 4.68. The fourth-order valence-electron chi connectivity index (χ4n) is 1.08. The number of para-hydroxylation sites is 1. The van der Waals surface area contributed by atoms with Crippen LogP contribution in [0.25, 0.3) is 0 Å². The van der Waals surface area contributed by atoms with Crippen LogP contribution in [0.15, 0.2) is 30.3 Å². The van der Waals surface area contributed by atoms with Gasteiger partial charge in [-0.3, -0.25) is 4.79 Å². The van der Waals surface area contributed by atoms with Gasteiger partial charge in [0.1, 0.15) is 0 Å². The highest BCUT2D eigenvalue weighted by molar-refractivity contribution is 5.90. The maximum absolute atomic E-state index is 11.3. The molecule has 0 aliphatic heterocycles. The molecule has 0 aliphatic carbocycles. The molecule has 0 unspecified atom stereocenters. The van der Waals surface area contributed by atoms with Gasteiger partial charge in [0, 0.05) is 13.5 Å². The molecule has 13 heavy (non-hydrogen) atoms. The molecule has 0 fully saturated rings. The maximum atomic E-state index is 11.3. The highest BCUT2D eigenvalue weighted by Crippen LogP contribution is 2.06. The van der Waals surface area contributed by atoms with Crippen LogP contribution >= 0.6 is 0 Å². The van der Waals surface area contributed by atoms with Gasteiger partial charge in [-0.15, -0.1) is 0 Å². The van der Waals surface area contributed by atoms with Crippen molar-refractivity contribution in [2.45, 2.75) is 26.2 Å². The van der Waals surface area contributed by atoms with Gasteiger partial charge >= 0.3 is 0 Å². The summed E-state index contributed by atoms with van der Waals surface area (Å²) >= 11 is 0. The molecule has 0 aromatic heterocycles. The minimum atomic E-state index is 0. The van der Waals surface area contributed by atoms with E-state index in [-0.39, 0.29) is 7.33 Å². The van der Waals surface area contributed by atoms with E-state index in [4.69, 9.17) is 0 Å². The number of benzene rings is 1. The minimum Gasteiger partial charge on any atom is -0.326 e. The van der Waals surface area contributed by atoms with E-state index in [1.807, 2.05) is 30.3 Å². The standard InChI is InChI=1S/C11H15NO.H2/c1-2-3-9-11(13)12-10-7-5-4-6-8-10;/h4-8H,2-3,9H2,1H3,(H,12,13);1H. The van der Waals surface area contributed by atoms with E-state index in [1.54, 1.807) is 0 Å². The zero-order valence-electron chi connectivity index (χ0n) is 7.92. The number of carbonyl (C=O) groups is 1. The topological polar surface area (TPSA) is 29.1 Å². The molecular formula is C11H17NO. The van der Waals surface area contributed by atoms with Crippen molar-refractivity contribution < 1.29 is 6.22 Å². The molecule has 0 spiro atoms. The Labute approximate surface area is 80.5 Å². The van der Waals surface area contributed by atoms with Crippen LogP contribution in [-0.2, 0) is 4.79 Å². The Hall–Kier alpha value is -1.31. The number of hydrogen-bond donors (Lipinski definition) is 1. The molecule has 0 bridgehead atoms. The summed E-state index contributed by atoms with van der Waals surface area (Å²) < 4.78 is 0. The Morgan fingerprint density at radius 1 is 1.38 bits per heavy atom. The lowest BCUT2D eigenvalue weighted by Gasteiger charge is -2.03. The van der Waals surface area contributed by atoms with Gasteiger partial charge in [0.05, 0.1) is 0 Å². The zero-order valence-corrected chi connectivity index (χ0v) is 7.92. The van der Waals surface area contributed by atoms with E-state index < -0.39 is 0 Å². The summed E-state index contributed by atoms with van der Waals surface area (Å²) in [5, 5.41) is 2.84. The van der Waals surface area contributed by atoms with E-state index in [0.29, 0.717) is 6.42 Å². The molecule has 0 heterocycles. The minimum absolute atomic E-state index is 0. The summed E-state index contributed by atoms with van der Waals surface area (Å²) in [6, 6.07) is 9.54. The van der Waals surface area contributed by atoms with Gasteiger partial charge in [0.15, 0.2) is 0 Å². The molecule has 0 saturated heterocycles. The first-order valence-electron chi connectivity index (χ1n) is 4.68. The van der Waals surface area contributed by atoms with E-state index in [1.165, 1.54) is 0 Å². The predicted octanol–water partition coefficient (Wildman–Crippen LogP) is 3.06. The third kappa shape index (κ3) is 3.74. The Bertz CT molecular complexity index is 261. The molecule has 0 saturated carbocycles. The highest BCUT2D eigenvalue weighted by Gasteiger charge is 1.99. The van der Waals surface area contributed by atoms with Crippen molar-refractivity contribution in [2.75, 3.05) is 5.32 Å². The molecule has 1 N–H and O–H groups in total. The third-order valence-electron chi connectivity index (χ3n) is 1.81. The first kappa shape index (κ1) is 9.78. The van der Waals surface area contributed by atoms with Crippen molar-refractivity contribution in [1.82, 2.24) is 0 Å². The second kappa shape index (κ2) is 5.36.